The fourth-order valence-electron chi connectivity index (χ4n) is 4.21. The first-order chi connectivity index (χ1) is 10.3. The third kappa shape index (κ3) is 2.27. The number of nitrogens with zero attached hydrogens (tertiary/aromatic N) is 3. The SMILES string of the molecule is COC12CCCC(CC(Nc3ncnc4nc[nH]c34)C1)C2. The fraction of sp³-hybridized carbons (Fsp3) is 0.667. The van der Waals surface area contributed by atoms with Crippen molar-refractivity contribution in [3.8, 4) is 0 Å². The Labute approximate surface area is 123 Å². The van der Waals surface area contributed by atoms with Gasteiger partial charge in [-0.2, -0.15) is 0 Å². The number of imidazole rings is 1. The number of aromatic amines is 1. The number of anilines is 1. The lowest BCUT2D eigenvalue weighted by Crippen LogP contribution is -2.48. The highest BCUT2D eigenvalue weighted by atomic mass is 16.5. The van der Waals surface area contributed by atoms with Gasteiger partial charge in [0.2, 0.25) is 0 Å². The molecule has 2 bridgehead atoms. The summed E-state index contributed by atoms with van der Waals surface area (Å²) in [4.78, 5) is 15.9. The molecule has 2 saturated carbocycles. The number of nitrogens with one attached hydrogen (secondary N) is 2. The Kier molecular flexibility index (Phi) is 3.06. The number of aromatic nitrogens is 4. The van der Waals surface area contributed by atoms with E-state index in [4.69, 9.17) is 4.74 Å². The number of H-pyrrole nitrogens is 1. The molecule has 6 nitrogen and oxygen atoms in total. The van der Waals surface area contributed by atoms with Gasteiger partial charge in [-0.05, 0) is 31.6 Å². The van der Waals surface area contributed by atoms with Gasteiger partial charge >= 0.3 is 0 Å². The molecule has 2 heterocycles. The monoisotopic (exact) mass is 287 g/mol. The van der Waals surface area contributed by atoms with E-state index in [-0.39, 0.29) is 5.60 Å². The molecule has 3 unspecified atom stereocenters. The highest BCUT2D eigenvalue weighted by Crippen LogP contribution is 2.45. The Morgan fingerprint density at radius 3 is 3.19 bits per heavy atom. The van der Waals surface area contributed by atoms with Gasteiger partial charge in [-0.1, -0.05) is 12.8 Å². The molecule has 2 aliphatic carbocycles. The minimum absolute atomic E-state index is 0.0684. The van der Waals surface area contributed by atoms with Crippen LogP contribution in [-0.4, -0.2) is 38.7 Å². The Bertz CT molecular complexity index is 642. The molecule has 0 radical (unpaired) electrons. The molecular weight excluding hydrogens is 266 g/mol. The second-order valence-electron chi connectivity index (χ2n) is 6.45. The molecule has 112 valence electrons. The van der Waals surface area contributed by atoms with E-state index < -0.39 is 0 Å². The second-order valence-corrected chi connectivity index (χ2v) is 6.45. The molecule has 6 heteroatoms. The average Bonchev–Trinajstić information content (AvgIpc) is 2.96. The van der Waals surface area contributed by atoms with Crippen LogP contribution in [0.2, 0.25) is 0 Å². The lowest BCUT2D eigenvalue weighted by molar-refractivity contribution is -0.0832. The summed E-state index contributed by atoms with van der Waals surface area (Å²) in [6.45, 7) is 0. The lowest BCUT2D eigenvalue weighted by Gasteiger charge is -2.47. The van der Waals surface area contributed by atoms with Crippen molar-refractivity contribution in [1.82, 2.24) is 19.9 Å². The first-order valence-electron chi connectivity index (χ1n) is 7.74. The summed E-state index contributed by atoms with van der Waals surface area (Å²) < 4.78 is 5.90. The van der Waals surface area contributed by atoms with Crippen molar-refractivity contribution in [1.29, 1.82) is 0 Å². The number of hydrogen-bond donors (Lipinski definition) is 2. The number of methoxy groups -OCH3 is 1. The molecule has 0 amide bonds. The summed E-state index contributed by atoms with van der Waals surface area (Å²) in [5.74, 6) is 1.62. The molecule has 2 N–H and O–H groups in total. The zero-order valence-corrected chi connectivity index (χ0v) is 12.3. The van der Waals surface area contributed by atoms with E-state index in [1.807, 2.05) is 7.11 Å². The van der Waals surface area contributed by atoms with Gasteiger partial charge in [0.1, 0.15) is 11.8 Å². The normalized spacial score (nSPS) is 32.2. The van der Waals surface area contributed by atoms with Crippen molar-refractivity contribution in [3.05, 3.63) is 12.7 Å². The highest BCUT2D eigenvalue weighted by molar-refractivity contribution is 5.82. The number of ether oxygens (including phenoxy) is 1. The minimum atomic E-state index is 0.0684. The maximum absolute atomic E-state index is 5.90. The van der Waals surface area contributed by atoms with E-state index in [1.165, 1.54) is 32.1 Å². The first-order valence-corrected chi connectivity index (χ1v) is 7.74. The smallest absolute Gasteiger partial charge is 0.182 e. The van der Waals surface area contributed by atoms with Crippen LogP contribution in [0.3, 0.4) is 0 Å². The lowest BCUT2D eigenvalue weighted by atomic mass is 9.67. The molecule has 21 heavy (non-hydrogen) atoms. The fourth-order valence-corrected chi connectivity index (χ4v) is 4.21. The predicted molar refractivity (Wildman–Crippen MR) is 80.0 cm³/mol. The van der Waals surface area contributed by atoms with Crippen LogP contribution >= 0.6 is 0 Å². The second kappa shape index (κ2) is 4.94. The Hall–Kier alpha value is -1.69. The van der Waals surface area contributed by atoms with Crippen LogP contribution < -0.4 is 5.32 Å². The zero-order chi connectivity index (χ0) is 14.3. The van der Waals surface area contributed by atoms with Crippen molar-refractivity contribution in [3.63, 3.8) is 0 Å². The summed E-state index contributed by atoms with van der Waals surface area (Å²) in [6.07, 6.45) is 10.5. The maximum atomic E-state index is 5.90. The van der Waals surface area contributed by atoms with E-state index >= 15 is 0 Å². The van der Waals surface area contributed by atoms with Gasteiger partial charge in [0.25, 0.3) is 0 Å². The third-order valence-electron chi connectivity index (χ3n) is 5.14. The van der Waals surface area contributed by atoms with E-state index in [2.05, 4.69) is 25.3 Å². The van der Waals surface area contributed by atoms with Gasteiger partial charge < -0.3 is 15.0 Å². The standard InChI is InChI=1S/C15H21N5O/c1-21-15-4-2-3-10(6-15)5-11(7-15)20-14-12-13(17-8-16-12)18-9-19-14/h8-11H,2-7H2,1H3,(H2,16,17,18,19,20). The van der Waals surface area contributed by atoms with Crippen LogP contribution in [0.1, 0.15) is 38.5 Å². The maximum Gasteiger partial charge on any atom is 0.182 e. The molecule has 2 aromatic heterocycles. The van der Waals surface area contributed by atoms with Crippen molar-refractivity contribution < 1.29 is 4.74 Å². The van der Waals surface area contributed by atoms with E-state index in [1.54, 1.807) is 12.7 Å². The molecule has 4 rings (SSSR count). The molecule has 0 aliphatic heterocycles. The zero-order valence-electron chi connectivity index (χ0n) is 12.3. The molecule has 3 atom stereocenters. The van der Waals surface area contributed by atoms with Crippen molar-refractivity contribution in [2.24, 2.45) is 5.92 Å². The van der Waals surface area contributed by atoms with Gasteiger partial charge in [0.05, 0.1) is 11.9 Å². The van der Waals surface area contributed by atoms with Crippen molar-refractivity contribution in [2.75, 3.05) is 12.4 Å². The summed E-state index contributed by atoms with van der Waals surface area (Å²) in [5.41, 5.74) is 1.67. The largest absolute Gasteiger partial charge is 0.378 e. The van der Waals surface area contributed by atoms with Crippen LogP contribution in [0.4, 0.5) is 5.82 Å². The molecule has 2 fully saturated rings. The van der Waals surface area contributed by atoms with E-state index in [9.17, 15) is 0 Å². The third-order valence-corrected chi connectivity index (χ3v) is 5.14. The summed E-state index contributed by atoms with van der Waals surface area (Å²) in [5, 5.41) is 3.60. The van der Waals surface area contributed by atoms with Crippen LogP contribution in [0.25, 0.3) is 11.2 Å². The average molecular weight is 287 g/mol. The summed E-state index contributed by atoms with van der Waals surface area (Å²) in [7, 11) is 1.86. The number of hydrogen-bond acceptors (Lipinski definition) is 5. The minimum Gasteiger partial charge on any atom is -0.378 e. The van der Waals surface area contributed by atoms with E-state index in [0.29, 0.717) is 11.7 Å². The molecule has 0 aromatic carbocycles. The van der Waals surface area contributed by atoms with E-state index in [0.717, 1.165) is 23.7 Å². The Balaban J connectivity index is 1.58. The topological polar surface area (TPSA) is 75.7 Å². The molecule has 0 saturated heterocycles. The molecule has 2 aliphatic rings. The van der Waals surface area contributed by atoms with Crippen molar-refractivity contribution >= 4 is 17.0 Å². The molecular formula is C15H21N5O. The van der Waals surface area contributed by atoms with Gasteiger partial charge in [-0.25, -0.2) is 15.0 Å². The van der Waals surface area contributed by atoms with Gasteiger partial charge in [0, 0.05) is 13.2 Å². The van der Waals surface area contributed by atoms with Gasteiger partial charge in [0.15, 0.2) is 11.5 Å². The van der Waals surface area contributed by atoms with Crippen LogP contribution in [0.5, 0.6) is 0 Å². The highest BCUT2D eigenvalue weighted by Gasteiger charge is 2.43. The number of fused-ring (bicyclic) bond motifs is 3. The Morgan fingerprint density at radius 2 is 2.29 bits per heavy atom. The molecule has 2 aromatic rings. The first kappa shape index (κ1) is 13.0. The van der Waals surface area contributed by atoms with Crippen LogP contribution in [-0.2, 0) is 4.74 Å². The number of rotatable bonds is 3. The predicted octanol–water partition coefficient (Wildman–Crippen LogP) is 2.50. The summed E-state index contributed by atoms with van der Waals surface area (Å²) in [6, 6.07) is 0.408. The van der Waals surface area contributed by atoms with Crippen LogP contribution in [0.15, 0.2) is 12.7 Å². The van der Waals surface area contributed by atoms with Crippen LogP contribution in [0, 0.1) is 5.92 Å². The Morgan fingerprint density at radius 1 is 1.33 bits per heavy atom. The molecule has 0 spiro atoms. The van der Waals surface area contributed by atoms with Gasteiger partial charge in [-0.3, -0.25) is 0 Å². The van der Waals surface area contributed by atoms with Gasteiger partial charge in [-0.15, -0.1) is 0 Å². The summed E-state index contributed by atoms with van der Waals surface area (Å²) >= 11 is 0. The quantitative estimate of drug-likeness (QED) is 0.907. The van der Waals surface area contributed by atoms with Crippen molar-refractivity contribution in [2.45, 2.75) is 50.2 Å².